The summed E-state index contributed by atoms with van der Waals surface area (Å²) in [6, 6.07) is 5.89. The van der Waals surface area contributed by atoms with E-state index < -0.39 is 0 Å². The standard InChI is InChI=1S/C14H14BrFN2O/c1-8(2)7-11-12(15)14(19)18-13(17-11)9-3-5-10(16)6-4-9/h3-6,8H,7H2,1-2H3,(H,17,18,19). The van der Waals surface area contributed by atoms with E-state index in [1.807, 2.05) is 0 Å². The topological polar surface area (TPSA) is 45.8 Å². The number of benzene rings is 1. The number of halogens is 2. The Morgan fingerprint density at radius 2 is 1.95 bits per heavy atom. The summed E-state index contributed by atoms with van der Waals surface area (Å²) in [4.78, 5) is 19.0. The van der Waals surface area contributed by atoms with Gasteiger partial charge >= 0.3 is 0 Å². The van der Waals surface area contributed by atoms with Crippen molar-refractivity contribution in [3.8, 4) is 11.4 Å². The smallest absolute Gasteiger partial charge is 0.265 e. The third kappa shape index (κ3) is 3.29. The van der Waals surface area contributed by atoms with Gasteiger partial charge in [-0.05, 0) is 52.5 Å². The molecule has 2 aromatic rings. The van der Waals surface area contributed by atoms with Gasteiger partial charge in [-0.15, -0.1) is 0 Å². The molecule has 5 heteroatoms. The fourth-order valence-corrected chi connectivity index (χ4v) is 2.12. The number of nitrogens with one attached hydrogen (secondary N) is 1. The van der Waals surface area contributed by atoms with Crippen LogP contribution in [0.1, 0.15) is 19.5 Å². The van der Waals surface area contributed by atoms with Gasteiger partial charge in [0.1, 0.15) is 16.1 Å². The van der Waals surface area contributed by atoms with Crippen LogP contribution in [0.2, 0.25) is 0 Å². The minimum absolute atomic E-state index is 0.218. The average molecular weight is 325 g/mol. The second kappa shape index (κ2) is 5.65. The van der Waals surface area contributed by atoms with Crippen molar-refractivity contribution in [2.45, 2.75) is 20.3 Å². The molecule has 0 amide bonds. The summed E-state index contributed by atoms with van der Waals surface area (Å²) >= 11 is 3.26. The highest BCUT2D eigenvalue weighted by Crippen LogP contribution is 2.19. The van der Waals surface area contributed by atoms with Crippen molar-refractivity contribution in [2.24, 2.45) is 5.92 Å². The highest BCUT2D eigenvalue weighted by atomic mass is 79.9. The summed E-state index contributed by atoms with van der Waals surface area (Å²) in [5.41, 5.74) is 1.19. The maximum Gasteiger partial charge on any atom is 0.265 e. The highest BCUT2D eigenvalue weighted by molar-refractivity contribution is 9.10. The van der Waals surface area contributed by atoms with Gasteiger partial charge in [-0.2, -0.15) is 0 Å². The van der Waals surface area contributed by atoms with E-state index in [-0.39, 0.29) is 11.4 Å². The van der Waals surface area contributed by atoms with Gasteiger partial charge in [0, 0.05) is 5.56 Å². The highest BCUT2D eigenvalue weighted by Gasteiger charge is 2.11. The first-order chi connectivity index (χ1) is 8.97. The van der Waals surface area contributed by atoms with Gasteiger partial charge < -0.3 is 4.98 Å². The molecule has 100 valence electrons. The fraction of sp³-hybridized carbons (Fsp3) is 0.286. The van der Waals surface area contributed by atoms with Crippen LogP contribution in [0.25, 0.3) is 11.4 Å². The lowest BCUT2D eigenvalue weighted by atomic mass is 10.1. The normalized spacial score (nSPS) is 11.0. The molecule has 1 heterocycles. The van der Waals surface area contributed by atoms with Crippen molar-refractivity contribution in [1.29, 1.82) is 0 Å². The quantitative estimate of drug-likeness (QED) is 0.938. The zero-order valence-corrected chi connectivity index (χ0v) is 12.3. The van der Waals surface area contributed by atoms with Crippen LogP contribution in [0.15, 0.2) is 33.5 Å². The molecule has 1 aromatic heterocycles. The average Bonchev–Trinajstić information content (AvgIpc) is 2.35. The third-order valence-corrected chi connectivity index (χ3v) is 3.47. The Kier molecular flexibility index (Phi) is 4.14. The van der Waals surface area contributed by atoms with E-state index in [9.17, 15) is 9.18 Å². The second-order valence-electron chi connectivity index (χ2n) is 4.78. The lowest BCUT2D eigenvalue weighted by Gasteiger charge is -2.08. The number of hydrogen-bond donors (Lipinski definition) is 1. The van der Waals surface area contributed by atoms with Crippen LogP contribution < -0.4 is 5.56 Å². The summed E-state index contributed by atoms with van der Waals surface area (Å²) in [5, 5.41) is 0. The monoisotopic (exact) mass is 324 g/mol. The van der Waals surface area contributed by atoms with Gasteiger partial charge in [0.25, 0.3) is 5.56 Å². The second-order valence-corrected chi connectivity index (χ2v) is 5.57. The van der Waals surface area contributed by atoms with Gasteiger partial charge in [0.15, 0.2) is 0 Å². The van der Waals surface area contributed by atoms with E-state index in [1.54, 1.807) is 12.1 Å². The molecule has 0 unspecified atom stereocenters. The first-order valence-electron chi connectivity index (χ1n) is 6.02. The van der Waals surface area contributed by atoms with Crippen LogP contribution in [0.3, 0.4) is 0 Å². The van der Waals surface area contributed by atoms with Crippen LogP contribution in [0.5, 0.6) is 0 Å². The van der Waals surface area contributed by atoms with Gasteiger partial charge in [-0.25, -0.2) is 9.37 Å². The molecule has 0 aliphatic rings. The molecule has 0 aliphatic heterocycles. The first kappa shape index (κ1) is 13.9. The number of H-pyrrole nitrogens is 1. The van der Waals surface area contributed by atoms with Crippen molar-refractivity contribution in [1.82, 2.24) is 9.97 Å². The summed E-state index contributed by atoms with van der Waals surface area (Å²) in [5.74, 6) is 0.543. The van der Waals surface area contributed by atoms with E-state index >= 15 is 0 Å². The van der Waals surface area contributed by atoms with Crippen LogP contribution in [0, 0.1) is 11.7 Å². The maximum atomic E-state index is 12.9. The minimum Gasteiger partial charge on any atom is -0.306 e. The van der Waals surface area contributed by atoms with Crippen LogP contribution in [-0.4, -0.2) is 9.97 Å². The molecule has 0 bridgehead atoms. The van der Waals surface area contributed by atoms with Gasteiger partial charge in [0.05, 0.1) is 5.69 Å². The largest absolute Gasteiger partial charge is 0.306 e. The zero-order valence-electron chi connectivity index (χ0n) is 10.7. The molecule has 2 rings (SSSR count). The van der Waals surface area contributed by atoms with Crippen molar-refractivity contribution in [3.05, 3.63) is 50.6 Å². The van der Waals surface area contributed by atoms with Crippen LogP contribution in [-0.2, 0) is 6.42 Å². The number of hydrogen-bond acceptors (Lipinski definition) is 2. The lowest BCUT2D eigenvalue weighted by molar-refractivity contribution is 0.627. The van der Waals surface area contributed by atoms with E-state index in [0.717, 1.165) is 5.69 Å². The number of aromatic amines is 1. The number of nitrogens with zero attached hydrogens (tertiary/aromatic N) is 1. The Morgan fingerprint density at radius 1 is 1.32 bits per heavy atom. The SMILES string of the molecule is CC(C)Cc1nc(-c2ccc(F)cc2)[nH]c(=O)c1Br. The Labute approximate surface area is 119 Å². The van der Waals surface area contributed by atoms with Crippen molar-refractivity contribution in [3.63, 3.8) is 0 Å². The van der Waals surface area contributed by atoms with E-state index in [2.05, 4.69) is 39.7 Å². The summed E-state index contributed by atoms with van der Waals surface area (Å²) in [6.45, 7) is 4.12. The summed E-state index contributed by atoms with van der Waals surface area (Å²) < 4.78 is 13.4. The molecule has 0 saturated carbocycles. The molecule has 0 saturated heterocycles. The molecule has 1 N–H and O–H groups in total. The Morgan fingerprint density at radius 3 is 2.53 bits per heavy atom. The summed E-state index contributed by atoms with van der Waals surface area (Å²) in [7, 11) is 0. The number of aromatic nitrogens is 2. The van der Waals surface area contributed by atoms with E-state index in [1.165, 1.54) is 12.1 Å². The van der Waals surface area contributed by atoms with E-state index in [4.69, 9.17) is 0 Å². The van der Waals surface area contributed by atoms with Crippen molar-refractivity contribution < 1.29 is 4.39 Å². The fourth-order valence-electron chi connectivity index (χ4n) is 1.77. The third-order valence-electron chi connectivity index (χ3n) is 2.65. The van der Waals surface area contributed by atoms with Crippen molar-refractivity contribution >= 4 is 15.9 Å². The molecular weight excluding hydrogens is 311 g/mol. The first-order valence-corrected chi connectivity index (χ1v) is 6.81. The molecule has 0 fully saturated rings. The van der Waals surface area contributed by atoms with Crippen molar-refractivity contribution in [2.75, 3.05) is 0 Å². The minimum atomic E-state index is -0.314. The maximum absolute atomic E-state index is 12.9. The molecule has 19 heavy (non-hydrogen) atoms. The van der Waals surface area contributed by atoms with Gasteiger partial charge in [0.2, 0.25) is 0 Å². The molecular formula is C14H14BrFN2O. The predicted molar refractivity (Wildman–Crippen MR) is 76.5 cm³/mol. The molecule has 3 nitrogen and oxygen atoms in total. The lowest BCUT2D eigenvalue weighted by Crippen LogP contribution is -2.15. The van der Waals surface area contributed by atoms with Crippen LogP contribution >= 0.6 is 15.9 Å². The molecule has 0 spiro atoms. The molecule has 1 aromatic carbocycles. The zero-order chi connectivity index (χ0) is 14.0. The Balaban J connectivity index is 2.50. The number of rotatable bonds is 3. The van der Waals surface area contributed by atoms with Gasteiger partial charge in [-0.3, -0.25) is 4.79 Å². The predicted octanol–water partition coefficient (Wildman–Crippen LogP) is 3.54. The summed E-state index contributed by atoms with van der Waals surface area (Å²) in [6.07, 6.45) is 0.707. The molecule has 0 aliphatic carbocycles. The Hall–Kier alpha value is -1.49. The van der Waals surface area contributed by atoms with Gasteiger partial charge in [-0.1, -0.05) is 13.8 Å². The van der Waals surface area contributed by atoms with Crippen LogP contribution in [0.4, 0.5) is 4.39 Å². The Bertz CT molecular complexity index is 635. The van der Waals surface area contributed by atoms with E-state index in [0.29, 0.717) is 28.2 Å². The molecule has 0 radical (unpaired) electrons. The molecule has 0 atom stereocenters.